The Morgan fingerprint density at radius 1 is 1.03 bits per heavy atom. The van der Waals surface area contributed by atoms with Gasteiger partial charge in [0.05, 0.1) is 29.6 Å². The molecule has 0 aliphatic carbocycles. The van der Waals surface area contributed by atoms with E-state index in [0.29, 0.717) is 40.3 Å². The highest BCUT2D eigenvalue weighted by atomic mass is 19.3. The van der Waals surface area contributed by atoms with Crippen LogP contribution in [-0.4, -0.2) is 45.0 Å². The number of ether oxygens (including phenoxy) is 1. The van der Waals surface area contributed by atoms with Crippen LogP contribution in [0.4, 0.5) is 30.5 Å². The van der Waals surface area contributed by atoms with E-state index in [2.05, 4.69) is 25.3 Å². The largest absolute Gasteiger partial charge is 0.372 e. The summed E-state index contributed by atoms with van der Waals surface area (Å²) in [4.78, 5) is 10.6. The fourth-order valence-electron chi connectivity index (χ4n) is 4.20. The van der Waals surface area contributed by atoms with E-state index in [-0.39, 0.29) is 17.9 Å². The standard InChI is InChI=1S/C24H23F3N6O/c1-14-11-32(12-15(2)34-14)23-9-21(19(25)10-29-23)30-22-8-17(5-6-28-22)16-3-4-20-18(7-16)13-33(31-20)24(26)27/h3-10,13-15,24H,11-12H2,1-2H3,(H,28,29,30)/t14-,15+. The topological polar surface area (TPSA) is 68.1 Å². The highest BCUT2D eigenvalue weighted by Crippen LogP contribution is 2.29. The molecule has 1 saturated heterocycles. The molecule has 10 heteroatoms. The van der Waals surface area contributed by atoms with Crippen molar-refractivity contribution in [3.8, 4) is 11.1 Å². The molecule has 2 atom stereocenters. The zero-order valence-corrected chi connectivity index (χ0v) is 18.6. The Labute approximate surface area is 194 Å². The summed E-state index contributed by atoms with van der Waals surface area (Å²) >= 11 is 0. The molecule has 1 aliphatic rings. The Morgan fingerprint density at radius 2 is 1.79 bits per heavy atom. The molecule has 1 fully saturated rings. The summed E-state index contributed by atoms with van der Waals surface area (Å²) < 4.78 is 46.9. The quantitative estimate of drug-likeness (QED) is 0.424. The smallest absolute Gasteiger partial charge is 0.333 e. The lowest BCUT2D eigenvalue weighted by Crippen LogP contribution is -2.45. The Morgan fingerprint density at radius 3 is 2.56 bits per heavy atom. The first-order chi connectivity index (χ1) is 16.4. The van der Waals surface area contributed by atoms with E-state index in [1.807, 2.05) is 13.8 Å². The lowest BCUT2D eigenvalue weighted by atomic mass is 10.1. The molecule has 176 valence electrons. The van der Waals surface area contributed by atoms with Gasteiger partial charge in [0.25, 0.3) is 0 Å². The molecule has 3 aromatic heterocycles. The summed E-state index contributed by atoms with van der Waals surface area (Å²) in [5.74, 6) is 0.607. The van der Waals surface area contributed by atoms with Gasteiger partial charge in [-0.25, -0.2) is 19.0 Å². The van der Waals surface area contributed by atoms with Gasteiger partial charge in [-0.15, -0.1) is 0 Å². The van der Waals surface area contributed by atoms with E-state index in [0.717, 1.165) is 11.1 Å². The number of nitrogens with zero attached hydrogens (tertiary/aromatic N) is 5. The number of pyridine rings is 2. The number of aromatic nitrogens is 4. The third kappa shape index (κ3) is 4.54. The van der Waals surface area contributed by atoms with Gasteiger partial charge in [0.2, 0.25) is 0 Å². The second-order valence-corrected chi connectivity index (χ2v) is 8.40. The minimum absolute atomic E-state index is 0.0514. The van der Waals surface area contributed by atoms with Crippen LogP contribution in [0.2, 0.25) is 0 Å². The van der Waals surface area contributed by atoms with Gasteiger partial charge in [0, 0.05) is 36.9 Å². The lowest BCUT2D eigenvalue weighted by molar-refractivity contribution is -0.00546. The van der Waals surface area contributed by atoms with Crippen LogP contribution in [0.15, 0.2) is 55.0 Å². The van der Waals surface area contributed by atoms with E-state index in [9.17, 15) is 13.2 Å². The van der Waals surface area contributed by atoms with Crippen molar-refractivity contribution in [1.82, 2.24) is 19.7 Å². The molecule has 4 heterocycles. The maximum atomic E-state index is 14.6. The molecule has 0 bridgehead atoms. The maximum absolute atomic E-state index is 14.6. The number of alkyl halides is 2. The number of hydrogen-bond acceptors (Lipinski definition) is 6. The molecule has 1 aliphatic heterocycles. The molecule has 1 N–H and O–H groups in total. The zero-order chi connectivity index (χ0) is 23.8. The number of halogens is 3. The Balaban J connectivity index is 1.40. The molecule has 7 nitrogen and oxygen atoms in total. The van der Waals surface area contributed by atoms with Crippen molar-refractivity contribution in [2.75, 3.05) is 23.3 Å². The number of nitrogens with one attached hydrogen (secondary N) is 1. The molecule has 0 spiro atoms. The first kappa shape index (κ1) is 22.1. The second-order valence-electron chi connectivity index (χ2n) is 8.40. The summed E-state index contributed by atoms with van der Waals surface area (Å²) in [7, 11) is 0. The van der Waals surface area contributed by atoms with Crippen molar-refractivity contribution in [2.24, 2.45) is 0 Å². The van der Waals surface area contributed by atoms with Gasteiger partial charge in [-0.1, -0.05) is 6.07 Å². The van der Waals surface area contributed by atoms with Gasteiger partial charge in [0.1, 0.15) is 11.6 Å². The SMILES string of the molecule is C[C@@H]1CN(c2cc(Nc3cc(-c4ccc5nn(C(F)F)cc5c4)ccn3)c(F)cn2)C[C@H](C)O1. The molecule has 34 heavy (non-hydrogen) atoms. The van der Waals surface area contributed by atoms with Gasteiger partial charge < -0.3 is 15.0 Å². The Bertz CT molecular complexity index is 1320. The monoisotopic (exact) mass is 468 g/mol. The normalized spacial score (nSPS) is 18.6. The molecule has 0 amide bonds. The highest BCUT2D eigenvalue weighted by Gasteiger charge is 2.24. The maximum Gasteiger partial charge on any atom is 0.333 e. The van der Waals surface area contributed by atoms with Gasteiger partial charge in [-0.05, 0) is 49.2 Å². The number of morpholine rings is 1. The van der Waals surface area contributed by atoms with Crippen LogP contribution in [-0.2, 0) is 4.74 Å². The van der Waals surface area contributed by atoms with Crippen LogP contribution < -0.4 is 10.2 Å². The van der Waals surface area contributed by atoms with Gasteiger partial charge in [0.15, 0.2) is 5.82 Å². The van der Waals surface area contributed by atoms with Gasteiger partial charge in [-0.2, -0.15) is 13.9 Å². The number of fused-ring (bicyclic) bond motifs is 1. The fourth-order valence-corrected chi connectivity index (χ4v) is 4.20. The first-order valence-electron chi connectivity index (χ1n) is 10.9. The molecule has 0 radical (unpaired) electrons. The Hall–Kier alpha value is -3.66. The van der Waals surface area contributed by atoms with Crippen molar-refractivity contribution < 1.29 is 17.9 Å². The molecular formula is C24H23F3N6O. The Kier molecular flexibility index (Phi) is 5.82. The van der Waals surface area contributed by atoms with Gasteiger partial charge >= 0.3 is 6.55 Å². The minimum Gasteiger partial charge on any atom is -0.372 e. The van der Waals surface area contributed by atoms with Gasteiger partial charge in [-0.3, -0.25) is 0 Å². The summed E-state index contributed by atoms with van der Waals surface area (Å²) in [6.45, 7) is 2.63. The summed E-state index contributed by atoms with van der Waals surface area (Å²) in [6, 6.07) is 10.5. The van der Waals surface area contributed by atoms with Crippen LogP contribution in [0.5, 0.6) is 0 Å². The number of benzene rings is 1. The molecule has 0 unspecified atom stereocenters. The lowest BCUT2D eigenvalue weighted by Gasteiger charge is -2.36. The molecule has 4 aromatic rings. The third-order valence-corrected chi connectivity index (χ3v) is 5.66. The summed E-state index contributed by atoms with van der Waals surface area (Å²) in [6.07, 6.45) is 4.22. The fraction of sp³-hybridized carbons (Fsp3) is 0.292. The summed E-state index contributed by atoms with van der Waals surface area (Å²) in [5, 5.41) is 7.51. The van der Waals surface area contributed by atoms with Crippen LogP contribution >= 0.6 is 0 Å². The van der Waals surface area contributed by atoms with E-state index in [1.54, 1.807) is 42.6 Å². The number of hydrogen-bond donors (Lipinski definition) is 1. The van der Waals surface area contributed by atoms with Crippen molar-refractivity contribution in [1.29, 1.82) is 0 Å². The van der Waals surface area contributed by atoms with Crippen LogP contribution in [0.3, 0.4) is 0 Å². The average molecular weight is 468 g/mol. The zero-order valence-electron chi connectivity index (χ0n) is 18.6. The average Bonchev–Trinajstić information content (AvgIpc) is 3.24. The number of anilines is 3. The van der Waals surface area contributed by atoms with E-state index < -0.39 is 12.4 Å². The van der Waals surface area contributed by atoms with Crippen LogP contribution in [0.25, 0.3) is 22.0 Å². The minimum atomic E-state index is -2.70. The third-order valence-electron chi connectivity index (χ3n) is 5.66. The summed E-state index contributed by atoms with van der Waals surface area (Å²) in [5.41, 5.74) is 2.35. The first-order valence-corrected chi connectivity index (χ1v) is 10.9. The van der Waals surface area contributed by atoms with Crippen molar-refractivity contribution in [2.45, 2.75) is 32.6 Å². The molecular weight excluding hydrogens is 445 g/mol. The van der Waals surface area contributed by atoms with Crippen LogP contribution in [0, 0.1) is 5.82 Å². The molecule has 0 saturated carbocycles. The highest BCUT2D eigenvalue weighted by molar-refractivity contribution is 5.84. The van der Waals surface area contributed by atoms with Crippen molar-refractivity contribution in [3.63, 3.8) is 0 Å². The van der Waals surface area contributed by atoms with Crippen molar-refractivity contribution in [3.05, 3.63) is 60.8 Å². The van der Waals surface area contributed by atoms with Crippen LogP contribution in [0.1, 0.15) is 20.4 Å². The molecule has 5 rings (SSSR count). The predicted octanol–water partition coefficient (Wildman–Crippen LogP) is 5.38. The number of rotatable bonds is 5. The second kappa shape index (κ2) is 8.94. The van der Waals surface area contributed by atoms with Crippen molar-refractivity contribution >= 4 is 28.2 Å². The van der Waals surface area contributed by atoms with E-state index >= 15 is 0 Å². The van der Waals surface area contributed by atoms with E-state index in [4.69, 9.17) is 4.74 Å². The molecule has 1 aromatic carbocycles. The van der Waals surface area contributed by atoms with E-state index in [1.165, 1.54) is 12.4 Å². The predicted molar refractivity (Wildman–Crippen MR) is 124 cm³/mol.